The van der Waals surface area contributed by atoms with Crippen molar-refractivity contribution in [3.8, 4) is 0 Å². The Kier molecular flexibility index (Phi) is 5.16. The van der Waals surface area contributed by atoms with Crippen LogP contribution in [0.1, 0.15) is 30.9 Å². The number of hydrogen-bond acceptors (Lipinski definition) is 6. The number of carbonyl (C=O) groups excluding carboxylic acids is 3. The van der Waals surface area contributed by atoms with E-state index in [9.17, 15) is 22.8 Å². The maximum Gasteiger partial charge on any atom is 0.344 e. The number of likely N-dealkylation sites (tertiary alicyclic amines) is 1. The first-order valence-corrected chi connectivity index (χ1v) is 12.4. The molecule has 0 bridgehead atoms. The highest BCUT2D eigenvalue weighted by atomic mass is 32.2. The molecule has 2 unspecified atom stereocenters. The third-order valence-electron chi connectivity index (χ3n) is 6.47. The molecule has 3 aliphatic heterocycles. The Hall–Kier alpha value is -3.73. The van der Waals surface area contributed by atoms with Crippen molar-refractivity contribution < 1.29 is 22.8 Å². The number of sulfonamides is 1. The van der Waals surface area contributed by atoms with Crippen molar-refractivity contribution in [2.24, 2.45) is 10.3 Å². The Morgan fingerprint density at radius 2 is 1.82 bits per heavy atom. The van der Waals surface area contributed by atoms with Crippen molar-refractivity contribution in [2.75, 3.05) is 13.1 Å². The highest BCUT2D eigenvalue weighted by molar-refractivity contribution is 7.90. The van der Waals surface area contributed by atoms with E-state index < -0.39 is 39.3 Å². The van der Waals surface area contributed by atoms with E-state index in [1.807, 2.05) is 0 Å². The molecule has 10 nitrogen and oxygen atoms in total. The number of piperidine rings is 1. The zero-order valence-corrected chi connectivity index (χ0v) is 19.2. The monoisotopic (exact) mass is 481 g/mol. The number of nitrogens with zero attached hydrogens (tertiary/aromatic N) is 3. The number of benzene rings is 2. The van der Waals surface area contributed by atoms with Crippen molar-refractivity contribution in [3.63, 3.8) is 0 Å². The lowest BCUT2D eigenvalue weighted by Crippen LogP contribution is -2.52. The Labute approximate surface area is 196 Å². The lowest BCUT2D eigenvalue weighted by atomic mass is 9.92. The highest BCUT2D eigenvalue weighted by Crippen LogP contribution is 2.31. The second-order valence-corrected chi connectivity index (χ2v) is 10.3. The van der Waals surface area contributed by atoms with Crippen molar-refractivity contribution in [3.05, 3.63) is 65.7 Å². The minimum Gasteiger partial charge on any atom is -0.355 e. The summed E-state index contributed by atoms with van der Waals surface area (Å²) in [4.78, 5) is 40.6. The van der Waals surface area contributed by atoms with Gasteiger partial charge in [0.05, 0.1) is 5.92 Å². The first-order chi connectivity index (χ1) is 16.2. The first kappa shape index (κ1) is 22.1. The zero-order valence-electron chi connectivity index (χ0n) is 18.4. The van der Waals surface area contributed by atoms with Crippen molar-refractivity contribution in [1.29, 1.82) is 0 Å². The summed E-state index contributed by atoms with van der Waals surface area (Å²) in [7, 11) is -3.77. The number of fused-ring (bicyclic) bond motifs is 1. The summed E-state index contributed by atoms with van der Waals surface area (Å²) in [6.07, 6.45) is 1.16. The Bertz CT molecular complexity index is 1330. The molecule has 0 aromatic heterocycles. The number of carbonyl (C=O) groups is 3. The molecule has 2 saturated heterocycles. The molecule has 176 valence electrons. The van der Waals surface area contributed by atoms with Crippen molar-refractivity contribution >= 4 is 33.7 Å². The van der Waals surface area contributed by atoms with E-state index in [-0.39, 0.29) is 11.4 Å². The van der Waals surface area contributed by atoms with Crippen LogP contribution in [0.15, 0.2) is 63.9 Å². The van der Waals surface area contributed by atoms with Crippen molar-refractivity contribution in [1.82, 2.24) is 20.7 Å². The molecule has 2 fully saturated rings. The van der Waals surface area contributed by atoms with Crippen LogP contribution in [0.25, 0.3) is 0 Å². The predicted octanol–water partition coefficient (Wildman–Crippen LogP) is 1.35. The minimum atomic E-state index is -3.77. The molecule has 3 heterocycles. The molecule has 0 radical (unpaired) electrons. The van der Waals surface area contributed by atoms with E-state index in [1.54, 1.807) is 60.4 Å². The van der Waals surface area contributed by atoms with Gasteiger partial charge in [-0.05, 0) is 37.5 Å². The number of hydrazine groups is 1. The molecule has 0 spiro atoms. The van der Waals surface area contributed by atoms with Crippen LogP contribution in [0.3, 0.4) is 0 Å². The summed E-state index contributed by atoms with van der Waals surface area (Å²) < 4.78 is 28.8. The SMILES string of the molecule is CC1(c2ccccc2)NC(=O)N(NC(=O)C2CCCN(C3=NS(=O)(=O)c4ccccc43)C2)C1=O. The third kappa shape index (κ3) is 3.52. The van der Waals surface area contributed by atoms with Crippen LogP contribution in [-0.2, 0) is 25.2 Å². The molecule has 4 amide bonds. The molecule has 2 atom stereocenters. The van der Waals surface area contributed by atoms with Gasteiger partial charge in [-0.25, -0.2) is 4.79 Å². The number of rotatable bonds is 3. The Balaban J connectivity index is 1.32. The van der Waals surface area contributed by atoms with Crippen LogP contribution >= 0.6 is 0 Å². The zero-order chi connectivity index (χ0) is 24.1. The Morgan fingerprint density at radius 3 is 2.59 bits per heavy atom. The minimum absolute atomic E-state index is 0.149. The molecule has 2 aromatic carbocycles. The number of hydrogen-bond donors (Lipinski definition) is 2. The van der Waals surface area contributed by atoms with Crippen LogP contribution in [0, 0.1) is 5.92 Å². The lowest BCUT2D eigenvalue weighted by molar-refractivity contribution is -0.141. The fourth-order valence-corrected chi connectivity index (χ4v) is 5.84. The fraction of sp³-hybridized carbons (Fsp3) is 0.304. The topological polar surface area (TPSA) is 128 Å². The van der Waals surface area contributed by atoms with Gasteiger partial charge in [0.15, 0.2) is 5.84 Å². The standard InChI is InChI=1S/C23H23N5O5S/c1-23(16-9-3-2-4-10-16)21(30)28(22(31)24-23)25-20(29)15-8-7-13-27(14-15)19-17-11-5-6-12-18(17)34(32,33)26-19/h2-6,9-12,15H,7-8,13-14H2,1H3,(H,24,31)(H,25,29). The number of urea groups is 1. The molecule has 0 saturated carbocycles. The fourth-order valence-electron chi connectivity index (χ4n) is 4.61. The number of imide groups is 1. The second-order valence-electron chi connectivity index (χ2n) is 8.71. The lowest BCUT2D eigenvalue weighted by Gasteiger charge is -2.33. The summed E-state index contributed by atoms with van der Waals surface area (Å²) >= 11 is 0. The summed E-state index contributed by atoms with van der Waals surface area (Å²) in [5, 5.41) is 3.38. The highest BCUT2D eigenvalue weighted by Gasteiger charge is 2.50. The Morgan fingerprint density at radius 1 is 1.12 bits per heavy atom. The normalized spacial score (nSPS) is 25.6. The van der Waals surface area contributed by atoms with Gasteiger partial charge >= 0.3 is 6.03 Å². The summed E-state index contributed by atoms with van der Waals surface area (Å²) in [5.41, 5.74) is 2.29. The van der Waals surface area contributed by atoms with Gasteiger partial charge in [0.2, 0.25) is 5.91 Å². The molecule has 11 heteroatoms. The van der Waals surface area contributed by atoms with Gasteiger partial charge in [-0.3, -0.25) is 15.0 Å². The average Bonchev–Trinajstić information content (AvgIpc) is 3.25. The van der Waals surface area contributed by atoms with Crippen molar-refractivity contribution in [2.45, 2.75) is 30.2 Å². The molecule has 2 N–H and O–H groups in total. The summed E-state index contributed by atoms with van der Waals surface area (Å²) in [6, 6.07) is 14.7. The van der Waals surface area contributed by atoms with Gasteiger partial charge in [0, 0.05) is 18.7 Å². The van der Waals surface area contributed by atoms with E-state index in [0.717, 1.165) is 5.01 Å². The van der Waals surface area contributed by atoms with E-state index in [2.05, 4.69) is 15.1 Å². The molecular weight excluding hydrogens is 458 g/mol. The second kappa shape index (κ2) is 7.94. The van der Waals surface area contributed by atoms with Gasteiger partial charge in [-0.2, -0.15) is 13.4 Å². The van der Waals surface area contributed by atoms with Crippen LogP contribution in [0.2, 0.25) is 0 Å². The van der Waals surface area contributed by atoms with Crippen LogP contribution < -0.4 is 10.7 Å². The average molecular weight is 482 g/mol. The number of amides is 4. The number of nitrogens with one attached hydrogen (secondary N) is 2. The maximum absolute atomic E-state index is 13.1. The molecule has 5 rings (SSSR count). The summed E-state index contributed by atoms with van der Waals surface area (Å²) in [6.45, 7) is 2.35. The van der Waals surface area contributed by atoms with Gasteiger partial charge < -0.3 is 10.2 Å². The maximum atomic E-state index is 13.1. The molecule has 2 aromatic rings. The number of amidine groups is 1. The molecule has 34 heavy (non-hydrogen) atoms. The largest absolute Gasteiger partial charge is 0.355 e. The van der Waals surface area contributed by atoms with Crippen LogP contribution in [0.5, 0.6) is 0 Å². The van der Waals surface area contributed by atoms with Gasteiger partial charge in [-0.15, -0.1) is 4.40 Å². The third-order valence-corrected chi connectivity index (χ3v) is 7.79. The molecule has 3 aliphatic rings. The predicted molar refractivity (Wildman–Crippen MR) is 122 cm³/mol. The molecular formula is C23H23N5O5S. The van der Waals surface area contributed by atoms with Gasteiger partial charge in [0.1, 0.15) is 10.4 Å². The van der Waals surface area contributed by atoms with Crippen LogP contribution in [-0.4, -0.2) is 55.1 Å². The smallest absolute Gasteiger partial charge is 0.344 e. The van der Waals surface area contributed by atoms with E-state index in [1.165, 1.54) is 6.07 Å². The van der Waals surface area contributed by atoms with E-state index in [0.29, 0.717) is 36.3 Å². The van der Waals surface area contributed by atoms with Gasteiger partial charge in [-0.1, -0.05) is 42.5 Å². The van der Waals surface area contributed by atoms with E-state index >= 15 is 0 Å². The van der Waals surface area contributed by atoms with Gasteiger partial charge in [0.25, 0.3) is 15.9 Å². The first-order valence-electron chi connectivity index (χ1n) is 10.9. The quantitative estimate of drug-likeness (QED) is 0.637. The molecule has 0 aliphatic carbocycles. The van der Waals surface area contributed by atoms with Crippen LogP contribution in [0.4, 0.5) is 4.79 Å². The van der Waals surface area contributed by atoms with E-state index in [4.69, 9.17) is 0 Å². The summed E-state index contributed by atoms with van der Waals surface area (Å²) in [5.74, 6) is -1.30.